The molecule has 0 saturated heterocycles. The minimum absolute atomic E-state index is 0.0476. The number of aryl methyl sites for hydroxylation is 2. The van der Waals surface area contributed by atoms with Gasteiger partial charge < -0.3 is 15.7 Å². The average molecular weight is 535 g/mol. The Bertz CT molecular complexity index is 1450. The summed E-state index contributed by atoms with van der Waals surface area (Å²) in [6.07, 6.45) is 0. The van der Waals surface area contributed by atoms with Crippen LogP contribution in [0.25, 0.3) is 0 Å². The van der Waals surface area contributed by atoms with E-state index in [0.29, 0.717) is 30.3 Å². The van der Waals surface area contributed by atoms with Gasteiger partial charge in [-0.05, 0) is 79.8 Å². The minimum atomic E-state index is -4.97. The first-order chi connectivity index (χ1) is 16.8. The van der Waals surface area contributed by atoms with Crippen LogP contribution in [0.15, 0.2) is 58.3 Å². The molecule has 3 aromatic rings. The fraction of sp³-hybridized carbons (Fsp3) is 0.280. The predicted octanol–water partition coefficient (Wildman–Crippen LogP) is 4.55. The van der Waals surface area contributed by atoms with Crippen molar-refractivity contribution in [3.63, 3.8) is 0 Å². The zero-order valence-electron chi connectivity index (χ0n) is 20.4. The van der Waals surface area contributed by atoms with Crippen molar-refractivity contribution in [1.29, 1.82) is 0 Å². The lowest BCUT2D eigenvalue weighted by Crippen LogP contribution is -2.13. The molecule has 0 unspecified atom stereocenters. The van der Waals surface area contributed by atoms with Gasteiger partial charge in [-0.2, -0.15) is 16.8 Å². The number of anilines is 2. The van der Waals surface area contributed by atoms with Crippen LogP contribution in [-0.2, 0) is 20.2 Å². The Morgan fingerprint density at radius 1 is 0.722 bits per heavy atom. The van der Waals surface area contributed by atoms with E-state index in [1.807, 2.05) is 52.0 Å². The summed E-state index contributed by atoms with van der Waals surface area (Å²) >= 11 is 0. The second kappa shape index (κ2) is 10.5. The molecule has 5 N–H and O–H groups in total. The number of benzene rings is 3. The highest BCUT2D eigenvalue weighted by Gasteiger charge is 2.30. The summed E-state index contributed by atoms with van der Waals surface area (Å²) in [6.45, 7) is 9.10. The Kier molecular flexibility index (Phi) is 7.99. The Labute approximate surface area is 211 Å². The van der Waals surface area contributed by atoms with Gasteiger partial charge in [0.15, 0.2) is 0 Å². The van der Waals surface area contributed by atoms with Gasteiger partial charge in [0.05, 0.1) is 4.90 Å². The molecule has 0 saturated carbocycles. The quantitative estimate of drug-likeness (QED) is 0.197. The Hall–Kier alpha value is -3.12. The van der Waals surface area contributed by atoms with E-state index in [1.54, 1.807) is 12.1 Å². The molecule has 0 aliphatic carbocycles. The topological polar surface area (TPSA) is 153 Å². The van der Waals surface area contributed by atoms with Crippen LogP contribution >= 0.6 is 0 Å². The molecule has 0 heterocycles. The van der Waals surface area contributed by atoms with Gasteiger partial charge in [-0.25, -0.2) is 0 Å². The molecule has 3 rings (SSSR count). The molecule has 0 radical (unpaired) electrons. The maximum atomic E-state index is 12.4. The van der Waals surface area contributed by atoms with E-state index in [0.717, 1.165) is 28.6 Å². The lowest BCUT2D eigenvalue weighted by molar-refractivity contribution is 0.440. The maximum Gasteiger partial charge on any atom is 0.298 e. The third-order valence-corrected chi connectivity index (χ3v) is 7.65. The van der Waals surface area contributed by atoms with Gasteiger partial charge in [0.25, 0.3) is 20.2 Å². The lowest BCUT2D eigenvalue weighted by Gasteiger charge is -2.24. The van der Waals surface area contributed by atoms with Crippen molar-refractivity contribution in [2.75, 3.05) is 23.7 Å². The Morgan fingerprint density at radius 3 is 1.53 bits per heavy atom. The molecule has 9 nitrogen and oxygen atoms in total. The van der Waals surface area contributed by atoms with Crippen LogP contribution in [0.2, 0.25) is 0 Å². The highest BCUT2D eigenvalue weighted by atomic mass is 32.2. The molecule has 0 bridgehead atoms. The number of hydrogen-bond acceptors (Lipinski definition) is 7. The molecule has 0 aliphatic rings. The third-order valence-electron chi connectivity index (χ3n) is 5.86. The summed E-state index contributed by atoms with van der Waals surface area (Å²) in [5.41, 5.74) is 4.78. The van der Waals surface area contributed by atoms with Gasteiger partial charge in [-0.1, -0.05) is 24.3 Å². The first kappa shape index (κ1) is 27.5. The van der Waals surface area contributed by atoms with E-state index in [9.17, 15) is 31.0 Å². The summed E-state index contributed by atoms with van der Waals surface area (Å²) in [4.78, 5) is -1.75. The van der Waals surface area contributed by atoms with Crippen molar-refractivity contribution in [1.82, 2.24) is 0 Å². The number of nitrogens with one attached hydrogen (secondary N) is 2. The van der Waals surface area contributed by atoms with Gasteiger partial charge in [0.2, 0.25) is 0 Å². The highest BCUT2D eigenvalue weighted by Crippen LogP contribution is 2.41. The molecule has 194 valence electrons. The van der Waals surface area contributed by atoms with E-state index in [4.69, 9.17) is 0 Å². The van der Waals surface area contributed by atoms with E-state index in [1.165, 1.54) is 0 Å². The standard InChI is InChI=1S/C25H30N2O7S2/c1-5-26-20-9-7-17(11-15(20)3)25(18-8-10-21(27-6-2)16(4)12-18)19-13-22(28)24(36(32,33)34)14-23(19)35(29,30)31/h7-14,25-28H,5-6H2,1-4H3,(H,29,30,31)(H,32,33,34). The molecule has 0 atom stereocenters. The van der Waals surface area contributed by atoms with Crippen molar-refractivity contribution >= 4 is 31.6 Å². The summed E-state index contributed by atoms with van der Waals surface area (Å²) in [5, 5.41) is 16.9. The van der Waals surface area contributed by atoms with Crippen LogP contribution in [0.5, 0.6) is 5.75 Å². The molecule has 0 aliphatic heterocycles. The largest absolute Gasteiger partial charge is 0.506 e. The van der Waals surface area contributed by atoms with Crippen LogP contribution in [-0.4, -0.2) is 44.1 Å². The molecule has 0 fully saturated rings. The molecular formula is C25H30N2O7S2. The van der Waals surface area contributed by atoms with E-state index in [-0.39, 0.29) is 5.56 Å². The van der Waals surface area contributed by atoms with Crippen molar-refractivity contribution < 1.29 is 31.0 Å². The fourth-order valence-corrected chi connectivity index (χ4v) is 5.69. The fourth-order valence-electron chi connectivity index (χ4n) is 4.28. The minimum Gasteiger partial charge on any atom is -0.506 e. The number of hydrogen-bond donors (Lipinski definition) is 5. The van der Waals surface area contributed by atoms with Gasteiger partial charge >= 0.3 is 0 Å². The predicted molar refractivity (Wildman–Crippen MR) is 139 cm³/mol. The van der Waals surface area contributed by atoms with Crippen molar-refractivity contribution in [3.05, 3.63) is 76.3 Å². The van der Waals surface area contributed by atoms with Gasteiger partial charge in [-0.3, -0.25) is 9.11 Å². The van der Waals surface area contributed by atoms with Crippen molar-refractivity contribution in [3.8, 4) is 5.75 Å². The van der Waals surface area contributed by atoms with Gasteiger partial charge in [0, 0.05) is 30.4 Å². The summed E-state index contributed by atoms with van der Waals surface area (Å²) in [5.74, 6) is -1.65. The highest BCUT2D eigenvalue weighted by molar-refractivity contribution is 7.86. The van der Waals surface area contributed by atoms with Crippen molar-refractivity contribution in [2.45, 2.75) is 43.4 Å². The first-order valence-corrected chi connectivity index (χ1v) is 14.2. The van der Waals surface area contributed by atoms with Crippen LogP contribution in [0.3, 0.4) is 0 Å². The molecule has 3 aromatic carbocycles. The molecule has 0 spiro atoms. The Morgan fingerprint density at radius 2 is 1.17 bits per heavy atom. The Balaban J connectivity index is 2.39. The zero-order chi connectivity index (χ0) is 26.8. The average Bonchev–Trinajstić information content (AvgIpc) is 2.76. The van der Waals surface area contributed by atoms with Gasteiger partial charge in [-0.15, -0.1) is 0 Å². The van der Waals surface area contributed by atoms with Crippen LogP contribution in [0.1, 0.15) is 47.6 Å². The maximum absolute atomic E-state index is 12.4. The molecule has 36 heavy (non-hydrogen) atoms. The molecule has 0 aromatic heterocycles. The SMILES string of the molecule is CCNc1ccc(C(c2ccc(NCC)c(C)c2)c2cc(O)c(S(=O)(=O)O)cc2S(=O)(=O)O)cc1C. The van der Waals surface area contributed by atoms with Crippen LogP contribution in [0, 0.1) is 13.8 Å². The monoisotopic (exact) mass is 534 g/mol. The molecule has 0 amide bonds. The molecule has 11 heteroatoms. The van der Waals surface area contributed by atoms with Crippen LogP contribution in [0.4, 0.5) is 11.4 Å². The van der Waals surface area contributed by atoms with Crippen LogP contribution < -0.4 is 10.6 Å². The number of phenolic OH excluding ortho intramolecular Hbond substituents is 1. The summed E-state index contributed by atoms with van der Waals surface area (Å²) in [6, 6.07) is 12.5. The third kappa shape index (κ3) is 5.81. The summed E-state index contributed by atoms with van der Waals surface area (Å²) in [7, 11) is -9.93. The number of phenols is 1. The number of rotatable bonds is 9. The smallest absolute Gasteiger partial charge is 0.298 e. The van der Waals surface area contributed by atoms with Crippen molar-refractivity contribution in [2.24, 2.45) is 0 Å². The molecular weight excluding hydrogens is 504 g/mol. The van der Waals surface area contributed by atoms with E-state index >= 15 is 0 Å². The number of aromatic hydroxyl groups is 1. The lowest BCUT2D eigenvalue weighted by atomic mass is 9.83. The van der Waals surface area contributed by atoms with E-state index in [2.05, 4.69) is 10.6 Å². The normalized spacial score (nSPS) is 12.1. The zero-order valence-corrected chi connectivity index (χ0v) is 22.0. The van der Waals surface area contributed by atoms with Gasteiger partial charge in [0.1, 0.15) is 10.6 Å². The van der Waals surface area contributed by atoms with E-state index < -0.39 is 41.7 Å². The second-order valence-corrected chi connectivity index (χ2v) is 11.2. The first-order valence-electron chi connectivity index (χ1n) is 11.3. The summed E-state index contributed by atoms with van der Waals surface area (Å²) < 4.78 is 67.8. The second-order valence-electron chi connectivity index (χ2n) is 8.45.